The Bertz CT molecular complexity index is 153. The zero-order chi connectivity index (χ0) is 10.8. The van der Waals surface area contributed by atoms with Gasteiger partial charge in [0.15, 0.2) is 0 Å². The van der Waals surface area contributed by atoms with E-state index in [9.17, 15) is 4.79 Å². The molecule has 84 valence electrons. The highest BCUT2D eigenvalue weighted by atomic mass is 32.2. The summed E-state index contributed by atoms with van der Waals surface area (Å²) in [6, 6.07) is -0.367. The summed E-state index contributed by atoms with van der Waals surface area (Å²) in [7, 11) is 0. The van der Waals surface area contributed by atoms with Gasteiger partial charge in [0.2, 0.25) is 0 Å². The maximum atomic E-state index is 10.7. The molecule has 0 amide bonds. The van der Waals surface area contributed by atoms with Crippen molar-refractivity contribution in [2.75, 3.05) is 18.1 Å². The Morgan fingerprint density at radius 1 is 1.43 bits per heavy atom. The number of unbranched alkanes of at least 4 members (excludes halogenated alkanes) is 1. The summed E-state index contributed by atoms with van der Waals surface area (Å²) < 4.78 is 0. The average molecular weight is 219 g/mol. The highest BCUT2D eigenvalue weighted by Crippen LogP contribution is 2.07. The van der Waals surface area contributed by atoms with Crippen LogP contribution < -0.4 is 5.32 Å². The first kappa shape index (κ1) is 13.8. The maximum Gasteiger partial charge on any atom is 0.320 e. The molecule has 2 N–H and O–H groups in total. The molecule has 0 aromatic carbocycles. The fourth-order valence-corrected chi connectivity index (χ4v) is 2.21. The Kier molecular flexibility index (Phi) is 9.19. The van der Waals surface area contributed by atoms with Crippen LogP contribution in [0.3, 0.4) is 0 Å². The van der Waals surface area contributed by atoms with Gasteiger partial charge in [-0.25, -0.2) is 0 Å². The number of carboxylic acids is 1. The molecule has 1 atom stereocenters. The van der Waals surface area contributed by atoms with E-state index < -0.39 is 5.97 Å². The van der Waals surface area contributed by atoms with Crippen LogP contribution in [0.15, 0.2) is 0 Å². The number of rotatable bonds is 9. The molecule has 0 aromatic rings. The molecule has 0 bridgehead atoms. The number of aliphatic carboxylic acids is 1. The van der Waals surface area contributed by atoms with Crippen molar-refractivity contribution in [3.63, 3.8) is 0 Å². The van der Waals surface area contributed by atoms with Gasteiger partial charge in [-0.05, 0) is 30.9 Å². The normalized spacial score (nSPS) is 12.7. The standard InChI is InChI=1S/C10H21NO2S/c1-3-5-7-14-8-6-9(10(12)13)11-4-2/h9,11H,3-8H2,1-2H3,(H,12,13). The lowest BCUT2D eigenvalue weighted by atomic mass is 10.2. The zero-order valence-electron chi connectivity index (χ0n) is 9.08. The molecule has 0 fully saturated rings. The highest BCUT2D eigenvalue weighted by molar-refractivity contribution is 7.99. The van der Waals surface area contributed by atoms with Gasteiger partial charge < -0.3 is 10.4 Å². The lowest BCUT2D eigenvalue weighted by molar-refractivity contribution is -0.139. The van der Waals surface area contributed by atoms with E-state index >= 15 is 0 Å². The number of carboxylic acid groups (broad SMARTS) is 1. The number of hydrogen-bond acceptors (Lipinski definition) is 3. The third-order valence-electron chi connectivity index (χ3n) is 1.94. The molecule has 1 unspecified atom stereocenters. The van der Waals surface area contributed by atoms with Gasteiger partial charge in [-0.15, -0.1) is 0 Å². The van der Waals surface area contributed by atoms with E-state index in [0.29, 0.717) is 0 Å². The molecular formula is C10H21NO2S. The Morgan fingerprint density at radius 3 is 2.64 bits per heavy atom. The lowest BCUT2D eigenvalue weighted by Crippen LogP contribution is -2.36. The third kappa shape index (κ3) is 7.21. The van der Waals surface area contributed by atoms with Gasteiger partial charge in [-0.2, -0.15) is 11.8 Å². The molecular weight excluding hydrogens is 198 g/mol. The minimum absolute atomic E-state index is 0.367. The van der Waals surface area contributed by atoms with Crippen molar-refractivity contribution in [3.8, 4) is 0 Å². The van der Waals surface area contributed by atoms with Crippen molar-refractivity contribution in [1.82, 2.24) is 5.32 Å². The summed E-state index contributed by atoms with van der Waals surface area (Å²) in [6.07, 6.45) is 3.16. The molecule has 0 aromatic heterocycles. The second-order valence-corrected chi connectivity index (χ2v) is 4.43. The van der Waals surface area contributed by atoms with E-state index in [1.165, 1.54) is 12.8 Å². The first-order valence-corrected chi connectivity index (χ1v) is 6.41. The fourth-order valence-electron chi connectivity index (χ4n) is 1.11. The van der Waals surface area contributed by atoms with Crippen LogP contribution in [0.25, 0.3) is 0 Å². The molecule has 0 radical (unpaired) electrons. The Morgan fingerprint density at radius 2 is 2.14 bits per heavy atom. The molecule has 0 aliphatic heterocycles. The van der Waals surface area contributed by atoms with Gasteiger partial charge in [0.05, 0.1) is 0 Å². The van der Waals surface area contributed by atoms with Crippen molar-refractivity contribution in [2.24, 2.45) is 0 Å². The zero-order valence-corrected chi connectivity index (χ0v) is 9.90. The van der Waals surface area contributed by atoms with Gasteiger partial charge in [-0.1, -0.05) is 20.3 Å². The lowest BCUT2D eigenvalue weighted by Gasteiger charge is -2.12. The van der Waals surface area contributed by atoms with E-state index in [0.717, 1.165) is 24.5 Å². The molecule has 0 aliphatic rings. The van der Waals surface area contributed by atoms with E-state index in [1.54, 1.807) is 0 Å². The molecule has 0 heterocycles. The molecule has 0 saturated heterocycles. The molecule has 0 spiro atoms. The number of carbonyl (C=O) groups is 1. The van der Waals surface area contributed by atoms with Crippen molar-refractivity contribution < 1.29 is 9.90 Å². The smallest absolute Gasteiger partial charge is 0.320 e. The van der Waals surface area contributed by atoms with Gasteiger partial charge in [0.1, 0.15) is 6.04 Å². The predicted molar refractivity (Wildman–Crippen MR) is 62.0 cm³/mol. The summed E-state index contributed by atoms with van der Waals surface area (Å²) in [4.78, 5) is 10.7. The minimum atomic E-state index is -0.733. The van der Waals surface area contributed by atoms with Crippen molar-refractivity contribution in [1.29, 1.82) is 0 Å². The molecule has 0 rings (SSSR count). The summed E-state index contributed by atoms with van der Waals surface area (Å²) in [5.41, 5.74) is 0. The van der Waals surface area contributed by atoms with E-state index in [1.807, 2.05) is 18.7 Å². The summed E-state index contributed by atoms with van der Waals surface area (Å²) in [5.74, 6) is 1.35. The Balaban J connectivity index is 3.46. The number of likely N-dealkylation sites (N-methyl/N-ethyl adjacent to an activating group) is 1. The minimum Gasteiger partial charge on any atom is -0.480 e. The molecule has 4 heteroatoms. The number of nitrogens with one attached hydrogen (secondary N) is 1. The van der Waals surface area contributed by atoms with Crippen LogP contribution in [0, 0.1) is 0 Å². The average Bonchev–Trinajstić information content (AvgIpc) is 2.15. The van der Waals surface area contributed by atoms with Crippen molar-refractivity contribution in [2.45, 2.75) is 39.2 Å². The highest BCUT2D eigenvalue weighted by Gasteiger charge is 2.14. The van der Waals surface area contributed by atoms with Crippen LogP contribution in [-0.2, 0) is 4.79 Å². The topological polar surface area (TPSA) is 49.3 Å². The number of thioether (sulfide) groups is 1. The van der Waals surface area contributed by atoms with Crippen LogP contribution in [0.2, 0.25) is 0 Å². The number of hydrogen-bond donors (Lipinski definition) is 2. The maximum absolute atomic E-state index is 10.7. The molecule has 0 aliphatic carbocycles. The summed E-state index contributed by atoms with van der Waals surface area (Å²) in [6.45, 7) is 4.82. The van der Waals surface area contributed by atoms with E-state index in [-0.39, 0.29) is 6.04 Å². The monoisotopic (exact) mass is 219 g/mol. The van der Waals surface area contributed by atoms with E-state index in [2.05, 4.69) is 12.2 Å². The molecule has 3 nitrogen and oxygen atoms in total. The van der Waals surface area contributed by atoms with Crippen LogP contribution in [-0.4, -0.2) is 35.2 Å². The largest absolute Gasteiger partial charge is 0.480 e. The quantitative estimate of drug-likeness (QED) is 0.582. The van der Waals surface area contributed by atoms with E-state index in [4.69, 9.17) is 5.11 Å². The SMILES string of the molecule is CCCCSCCC(NCC)C(=O)O. The van der Waals surface area contributed by atoms with Crippen LogP contribution in [0.4, 0.5) is 0 Å². The van der Waals surface area contributed by atoms with Crippen molar-refractivity contribution in [3.05, 3.63) is 0 Å². The predicted octanol–water partition coefficient (Wildman–Crippen LogP) is 1.97. The van der Waals surface area contributed by atoms with Crippen LogP contribution >= 0.6 is 11.8 Å². The fraction of sp³-hybridized carbons (Fsp3) is 0.900. The van der Waals surface area contributed by atoms with Crippen LogP contribution in [0.1, 0.15) is 33.1 Å². The third-order valence-corrected chi connectivity index (χ3v) is 3.04. The summed E-state index contributed by atoms with van der Waals surface area (Å²) in [5, 5.41) is 11.8. The Labute approximate surface area is 90.7 Å². The van der Waals surface area contributed by atoms with Crippen molar-refractivity contribution >= 4 is 17.7 Å². The van der Waals surface area contributed by atoms with Crippen LogP contribution in [0.5, 0.6) is 0 Å². The molecule has 14 heavy (non-hydrogen) atoms. The first-order valence-electron chi connectivity index (χ1n) is 5.26. The second kappa shape index (κ2) is 9.34. The first-order chi connectivity index (χ1) is 6.72. The van der Waals surface area contributed by atoms with Gasteiger partial charge in [0, 0.05) is 0 Å². The second-order valence-electron chi connectivity index (χ2n) is 3.20. The Hall–Kier alpha value is -0.220. The van der Waals surface area contributed by atoms with Gasteiger partial charge in [0.25, 0.3) is 0 Å². The molecule has 0 saturated carbocycles. The van der Waals surface area contributed by atoms with Gasteiger partial charge in [-0.3, -0.25) is 4.79 Å². The summed E-state index contributed by atoms with van der Waals surface area (Å²) >= 11 is 1.85. The van der Waals surface area contributed by atoms with Gasteiger partial charge >= 0.3 is 5.97 Å².